The topological polar surface area (TPSA) is 21.3 Å². The molecule has 1 rings (SSSR count). The Bertz CT molecular complexity index is 387. The fourth-order valence-corrected chi connectivity index (χ4v) is 2.03. The molecule has 0 aliphatic rings. The highest BCUT2D eigenvalue weighted by molar-refractivity contribution is 5.23. The molecule has 1 atom stereocenters. The van der Waals surface area contributed by atoms with Crippen molar-refractivity contribution in [3.05, 3.63) is 35.4 Å². The Morgan fingerprint density at radius 3 is 2.32 bits per heavy atom. The molecule has 19 heavy (non-hydrogen) atoms. The molecular formula is C15H23F2NO. The lowest BCUT2D eigenvalue weighted by atomic mass is 9.94. The zero-order chi connectivity index (χ0) is 14.5. The van der Waals surface area contributed by atoms with Crippen LogP contribution in [0.5, 0.6) is 0 Å². The molecule has 1 aromatic carbocycles. The predicted molar refractivity (Wildman–Crippen MR) is 73.1 cm³/mol. The van der Waals surface area contributed by atoms with E-state index in [1.54, 1.807) is 7.11 Å². The van der Waals surface area contributed by atoms with Gasteiger partial charge in [-0.15, -0.1) is 0 Å². The van der Waals surface area contributed by atoms with Crippen molar-refractivity contribution in [2.45, 2.75) is 45.3 Å². The number of rotatable bonds is 7. The van der Waals surface area contributed by atoms with E-state index in [9.17, 15) is 8.78 Å². The van der Waals surface area contributed by atoms with E-state index < -0.39 is 11.6 Å². The fraction of sp³-hybridized carbons (Fsp3) is 0.600. The molecule has 1 unspecified atom stereocenters. The van der Waals surface area contributed by atoms with Gasteiger partial charge in [0.1, 0.15) is 11.6 Å². The average molecular weight is 271 g/mol. The summed E-state index contributed by atoms with van der Waals surface area (Å²) in [4.78, 5) is 0. The minimum absolute atomic E-state index is 0.122. The van der Waals surface area contributed by atoms with Crippen molar-refractivity contribution in [2.75, 3.05) is 13.7 Å². The van der Waals surface area contributed by atoms with Crippen LogP contribution < -0.4 is 5.32 Å². The first-order valence-electron chi connectivity index (χ1n) is 6.63. The molecule has 0 spiro atoms. The molecule has 1 N–H and O–H groups in total. The van der Waals surface area contributed by atoms with Crippen molar-refractivity contribution in [2.24, 2.45) is 0 Å². The van der Waals surface area contributed by atoms with Gasteiger partial charge in [-0.05, 0) is 45.4 Å². The van der Waals surface area contributed by atoms with Gasteiger partial charge in [-0.25, -0.2) is 8.78 Å². The first-order valence-corrected chi connectivity index (χ1v) is 6.63. The summed E-state index contributed by atoms with van der Waals surface area (Å²) in [6, 6.07) is 3.64. The number of hydrogen-bond acceptors (Lipinski definition) is 2. The Morgan fingerprint density at radius 2 is 1.84 bits per heavy atom. The molecule has 0 aromatic heterocycles. The molecule has 0 heterocycles. The number of methoxy groups -OCH3 is 1. The molecule has 0 fully saturated rings. The largest absolute Gasteiger partial charge is 0.379 e. The third-order valence-electron chi connectivity index (χ3n) is 3.39. The van der Waals surface area contributed by atoms with Crippen LogP contribution >= 0.6 is 0 Å². The maximum Gasteiger partial charge on any atom is 0.130 e. The summed E-state index contributed by atoms with van der Waals surface area (Å²) >= 11 is 0. The lowest BCUT2D eigenvalue weighted by Gasteiger charge is -2.27. The normalized spacial score (nSPS) is 13.6. The molecule has 4 heteroatoms. The number of benzene rings is 1. The van der Waals surface area contributed by atoms with E-state index in [0.29, 0.717) is 13.0 Å². The second kappa shape index (κ2) is 6.96. The molecule has 0 saturated heterocycles. The van der Waals surface area contributed by atoms with Crippen LogP contribution in [0.2, 0.25) is 0 Å². The van der Waals surface area contributed by atoms with E-state index in [4.69, 9.17) is 4.74 Å². The molecule has 0 aliphatic carbocycles. The van der Waals surface area contributed by atoms with Crippen molar-refractivity contribution < 1.29 is 13.5 Å². The van der Waals surface area contributed by atoms with Gasteiger partial charge in [0.2, 0.25) is 0 Å². The number of nitrogens with one attached hydrogen (secondary N) is 1. The van der Waals surface area contributed by atoms with Gasteiger partial charge in [0.15, 0.2) is 0 Å². The molecule has 1 aromatic rings. The summed E-state index contributed by atoms with van der Waals surface area (Å²) in [7, 11) is 1.64. The Kier molecular flexibility index (Phi) is 5.88. The second-order valence-electron chi connectivity index (χ2n) is 5.25. The molecule has 108 valence electrons. The highest BCUT2D eigenvalue weighted by Gasteiger charge is 2.23. The lowest BCUT2D eigenvalue weighted by Crippen LogP contribution is -2.28. The Labute approximate surface area is 114 Å². The van der Waals surface area contributed by atoms with Gasteiger partial charge in [0.25, 0.3) is 0 Å². The van der Waals surface area contributed by atoms with Gasteiger partial charge < -0.3 is 10.1 Å². The quantitative estimate of drug-likeness (QED) is 0.814. The third kappa shape index (κ3) is 4.55. The van der Waals surface area contributed by atoms with E-state index >= 15 is 0 Å². The summed E-state index contributed by atoms with van der Waals surface area (Å²) in [6.45, 7) is 6.51. The van der Waals surface area contributed by atoms with Crippen molar-refractivity contribution in [1.82, 2.24) is 5.32 Å². The van der Waals surface area contributed by atoms with Crippen LogP contribution in [-0.4, -0.2) is 19.3 Å². The van der Waals surface area contributed by atoms with Crippen LogP contribution in [-0.2, 0) is 4.74 Å². The van der Waals surface area contributed by atoms with Gasteiger partial charge in [-0.3, -0.25) is 0 Å². The summed E-state index contributed by atoms with van der Waals surface area (Å²) in [5.41, 5.74) is -0.175. The smallest absolute Gasteiger partial charge is 0.130 e. The van der Waals surface area contributed by atoms with Gasteiger partial charge in [0.05, 0.1) is 5.60 Å². The highest BCUT2D eigenvalue weighted by Crippen LogP contribution is 2.28. The molecule has 2 nitrogen and oxygen atoms in total. The molecular weight excluding hydrogens is 248 g/mol. The van der Waals surface area contributed by atoms with Crippen LogP contribution in [0, 0.1) is 11.6 Å². The minimum atomic E-state index is -0.499. The van der Waals surface area contributed by atoms with Crippen LogP contribution in [0.15, 0.2) is 18.2 Å². The van der Waals surface area contributed by atoms with Crippen molar-refractivity contribution in [1.29, 1.82) is 0 Å². The van der Waals surface area contributed by atoms with Gasteiger partial charge in [-0.2, -0.15) is 0 Å². The van der Waals surface area contributed by atoms with Gasteiger partial charge in [-0.1, -0.05) is 13.0 Å². The van der Waals surface area contributed by atoms with Crippen molar-refractivity contribution in [3.8, 4) is 0 Å². The molecule has 0 radical (unpaired) electrons. The fourth-order valence-electron chi connectivity index (χ4n) is 2.03. The maximum atomic E-state index is 13.8. The molecule has 0 amide bonds. The van der Waals surface area contributed by atoms with Crippen molar-refractivity contribution in [3.63, 3.8) is 0 Å². The first kappa shape index (κ1) is 16.1. The van der Waals surface area contributed by atoms with Gasteiger partial charge >= 0.3 is 0 Å². The predicted octanol–water partition coefficient (Wildman–Crippen LogP) is 3.82. The zero-order valence-corrected chi connectivity index (χ0v) is 12.1. The molecule has 0 aliphatic heterocycles. The lowest BCUT2D eigenvalue weighted by molar-refractivity contribution is 0.0115. The monoisotopic (exact) mass is 271 g/mol. The third-order valence-corrected chi connectivity index (χ3v) is 3.39. The number of ether oxygens (including phenoxy) is 1. The Hall–Kier alpha value is -1.00. The summed E-state index contributed by atoms with van der Waals surface area (Å²) < 4.78 is 33.0. The van der Waals surface area contributed by atoms with Gasteiger partial charge in [0, 0.05) is 18.7 Å². The van der Waals surface area contributed by atoms with Crippen LogP contribution in [0.3, 0.4) is 0 Å². The number of halogens is 2. The standard InChI is InChI=1S/C15H23F2NO/c1-5-18-13(9-10-15(2,3)19-4)14-11(16)7-6-8-12(14)17/h6-8,13,18H,5,9-10H2,1-4H3. The Balaban J connectivity index is 2.88. The summed E-state index contributed by atoms with van der Waals surface area (Å²) in [5.74, 6) is -0.998. The van der Waals surface area contributed by atoms with Crippen LogP contribution in [0.1, 0.15) is 45.2 Å². The summed E-state index contributed by atoms with van der Waals surface area (Å²) in [5, 5.41) is 3.14. The summed E-state index contributed by atoms with van der Waals surface area (Å²) in [6.07, 6.45) is 1.33. The van der Waals surface area contributed by atoms with Crippen LogP contribution in [0.4, 0.5) is 8.78 Å². The van der Waals surface area contributed by atoms with E-state index in [2.05, 4.69) is 5.32 Å². The van der Waals surface area contributed by atoms with E-state index in [0.717, 1.165) is 6.42 Å². The highest BCUT2D eigenvalue weighted by atomic mass is 19.1. The number of hydrogen-bond donors (Lipinski definition) is 1. The second-order valence-corrected chi connectivity index (χ2v) is 5.25. The first-order chi connectivity index (χ1) is 8.91. The molecule has 0 bridgehead atoms. The van der Waals surface area contributed by atoms with E-state index in [-0.39, 0.29) is 17.2 Å². The maximum absolute atomic E-state index is 13.8. The minimum Gasteiger partial charge on any atom is -0.379 e. The van der Waals surface area contributed by atoms with Crippen molar-refractivity contribution >= 4 is 0 Å². The van der Waals surface area contributed by atoms with E-state index in [1.165, 1.54) is 18.2 Å². The molecule has 0 saturated carbocycles. The zero-order valence-electron chi connectivity index (χ0n) is 12.1. The van der Waals surface area contributed by atoms with Crippen LogP contribution in [0.25, 0.3) is 0 Å². The SMILES string of the molecule is CCNC(CCC(C)(C)OC)c1c(F)cccc1F. The van der Waals surface area contributed by atoms with E-state index in [1.807, 2.05) is 20.8 Å². The Morgan fingerprint density at radius 1 is 1.26 bits per heavy atom. The average Bonchev–Trinajstić information content (AvgIpc) is 2.36.